The molecule has 0 aliphatic carbocycles. The first-order chi connectivity index (χ1) is 11.6. The van der Waals surface area contributed by atoms with Crippen LogP contribution in [0, 0.1) is 5.92 Å². The molecule has 2 aromatic carbocycles. The van der Waals surface area contributed by atoms with Gasteiger partial charge in [-0.1, -0.05) is 30.3 Å². The van der Waals surface area contributed by atoms with Gasteiger partial charge in [-0.3, -0.25) is 9.59 Å². The molecule has 0 aliphatic heterocycles. The summed E-state index contributed by atoms with van der Waals surface area (Å²) in [4.78, 5) is 23.5. The molecule has 0 aromatic heterocycles. The molecule has 1 atom stereocenters. The van der Waals surface area contributed by atoms with Crippen LogP contribution in [0.2, 0.25) is 0 Å². The van der Waals surface area contributed by atoms with Crippen molar-refractivity contribution in [3.05, 3.63) is 65.7 Å². The van der Waals surface area contributed by atoms with Gasteiger partial charge in [-0.05, 0) is 43.2 Å². The second-order valence-electron chi connectivity index (χ2n) is 5.39. The molecule has 2 aromatic rings. The van der Waals surface area contributed by atoms with Crippen LogP contribution in [0.1, 0.15) is 22.8 Å². The van der Waals surface area contributed by atoms with Gasteiger partial charge in [-0.2, -0.15) is 0 Å². The standard InChI is InChI=1S/C19H21NO4/c1-2-24-17-10-8-14(9-11-17)12-16(19(22)23)13-20-18(21)15-6-4-3-5-7-15/h3-11,16H,2,12-13H2,1H3,(H,20,21)(H,22,23). The number of aliphatic carboxylic acids is 1. The van der Waals surface area contributed by atoms with Gasteiger partial charge in [-0.15, -0.1) is 0 Å². The minimum Gasteiger partial charge on any atom is -0.494 e. The minimum absolute atomic E-state index is 0.0796. The van der Waals surface area contributed by atoms with Gasteiger partial charge in [0.15, 0.2) is 0 Å². The van der Waals surface area contributed by atoms with Crippen molar-refractivity contribution >= 4 is 11.9 Å². The summed E-state index contributed by atoms with van der Waals surface area (Å²) >= 11 is 0. The van der Waals surface area contributed by atoms with E-state index in [0.717, 1.165) is 11.3 Å². The number of carboxylic acids is 1. The Morgan fingerprint density at radius 2 is 1.75 bits per heavy atom. The first-order valence-electron chi connectivity index (χ1n) is 7.88. The Morgan fingerprint density at radius 3 is 2.33 bits per heavy atom. The predicted octanol–water partition coefficient (Wildman–Crippen LogP) is 2.76. The summed E-state index contributed by atoms with van der Waals surface area (Å²) in [5.74, 6) is -1.13. The Labute approximate surface area is 141 Å². The van der Waals surface area contributed by atoms with Gasteiger partial charge < -0.3 is 15.2 Å². The maximum atomic E-state index is 12.0. The number of carbonyl (C=O) groups is 2. The van der Waals surface area contributed by atoms with Gasteiger partial charge in [0.1, 0.15) is 5.75 Å². The summed E-state index contributed by atoms with van der Waals surface area (Å²) in [6.45, 7) is 2.57. The lowest BCUT2D eigenvalue weighted by Gasteiger charge is -2.14. The van der Waals surface area contributed by atoms with Crippen molar-refractivity contribution in [2.75, 3.05) is 13.2 Å². The highest BCUT2D eigenvalue weighted by atomic mass is 16.5. The summed E-state index contributed by atoms with van der Waals surface area (Å²) in [6, 6.07) is 16.1. The van der Waals surface area contributed by atoms with E-state index in [-0.39, 0.29) is 12.5 Å². The average molecular weight is 327 g/mol. The smallest absolute Gasteiger partial charge is 0.308 e. The Kier molecular flexibility index (Phi) is 6.37. The molecule has 1 unspecified atom stereocenters. The number of ether oxygens (including phenoxy) is 1. The van der Waals surface area contributed by atoms with E-state index < -0.39 is 11.9 Å². The zero-order chi connectivity index (χ0) is 17.4. The second-order valence-corrected chi connectivity index (χ2v) is 5.39. The SMILES string of the molecule is CCOc1ccc(CC(CNC(=O)c2ccccc2)C(=O)O)cc1. The minimum atomic E-state index is -0.933. The maximum absolute atomic E-state index is 12.0. The summed E-state index contributed by atoms with van der Waals surface area (Å²) in [6.07, 6.45) is 0.344. The number of nitrogens with one attached hydrogen (secondary N) is 1. The van der Waals surface area contributed by atoms with E-state index in [2.05, 4.69) is 5.32 Å². The predicted molar refractivity (Wildman–Crippen MR) is 91.2 cm³/mol. The van der Waals surface area contributed by atoms with Crippen molar-refractivity contribution in [1.29, 1.82) is 0 Å². The number of amides is 1. The van der Waals surface area contributed by atoms with Crippen LogP contribution in [-0.2, 0) is 11.2 Å². The van der Waals surface area contributed by atoms with E-state index in [4.69, 9.17) is 4.74 Å². The second kappa shape index (κ2) is 8.72. The number of hydrogen-bond acceptors (Lipinski definition) is 3. The van der Waals surface area contributed by atoms with Gasteiger partial charge in [0.2, 0.25) is 0 Å². The third-order valence-corrected chi connectivity index (χ3v) is 3.61. The van der Waals surface area contributed by atoms with Crippen molar-refractivity contribution in [2.24, 2.45) is 5.92 Å². The molecule has 0 fully saturated rings. The molecule has 0 spiro atoms. The number of benzene rings is 2. The van der Waals surface area contributed by atoms with Crippen LogP contribution in [0.3, 0.4) is 0 Å². The molecule has 1 amide bonds. The van der Waals surface area contributed by atoms with Crippen molar-refractivity contribution in [3.63, 3.8) is 0 Å². The first-order valence-corrected chi connectivity index (χ1v) is 7.88. The van der Waals surface area contributed by atoms with E-state index in [9.17, 15) is 14.7 Å². The zero-order valence-corrected chi connectivity index (χ0v) is 13.6. The Morgan fingerprint density at radius 1 is 1.08 bits per heavy atom. The van der Waals surface area contributed by atoms with Gasteiger partial charge in [0.05, 0.1) is 12.5 Å². The highest BCUT2D eigenvalue weighted by molar-refractivity contribution is 5.94. The lowest BCUT2D eigenvalue weighted by atomic mass is 9.99. The fourth-order valence-corrected chi connectivity index (χ4v) is 2.33. The van der Waals surface area contributed by atoms with Crippen molar-refractivity contribution in [1.82, 2.24) is 5.32 Å². The van der Waals surface area contributed by atoms with Crippen LogP contribution in [0.4, 0.5) is 0 Å². The van der Waals surface area contributed by atoms with Gasteiger partial charge in [-0.25, -0.2) is 0 Å². The molecule has 2 rings (SSSR count). The Balaban J connectivity index is 1.94. The largest absolute Gasteiger partial charge is 0.494 e. The number of carbonyl (C=O) groups excluding carboxylic acids is 1. The van der Waals surface area contributed by atoms with Crippen LogP contribution in [0.5, 0.6) is 5.75 Å². The molecule has 0 saturated carbocycles. The number of hydrogen-bond donors (Lipinski definition) is 2. The molecule has 0 radical (unpaired) electrons. The summed E-state index contributed by atoms with van der Waals surface area (Å²) in [5, 5.41) is 12.1. The molecule has 126 valence electrons. The topological polar surface area (TPSA) is 75.6 Å². The highest BCUT2D eigenvalue weighted by Gasteiger charge is 2.19. The van der Waals surface area contributed by atoms with Crippen LogP contribution < -0.4 is 10.1 Å². The Hall–Kier alpha value is -2.82. The van der Waals surface area contributed by atoms with E-state index in [0.29, 0.717) is 18.6 Å². The fraction of sp³-hybridized carbons (Fsp3) is 0.263. The van der Waals surface area contributed by atoms with Gasteiger partial charge in [0, 0.05) is 12.1 Å². The lowest BCUT2D eigenvalue weighted by Crippen LogP contribution is -2.34. The molecule has 0 aliphatic rings. The van der Waals surface area contributed by atoms with Crippen LogP contribution in [0.15, 0.2) is 54.6 Å². The molecular weight excluding hydrogens is 306 g/mol. The van der Waals surface area contributed by atoms with Crippen molar-refractivity contribution in [2.45, 2.75) is 13.3 Å². The normalized spacial score (nSPS) is 11.5. The molecule has 0 saturated heterocycles. The lowest BCUT2D eigenvalue weighted by molar-refractivity contribution is -0.141. The van der Waals surface area contributed by atoms with Crippen LogP contribution in [-0.4, -0.2) is 30.1 Å². The molecule has 5 heteroatoms. The molecule has 0 bridgehead atoms. The molecule has 0 heterocycles. The number of carboxylic acid groups (broad SMARTS) is 1. The molecular formula is C19H21NO4. The van der Waals surface area contributed by atoms with Gasteiger partial charge in [0.25, 0.3) is 5.91 Å². The Bertz CT molecular complexity index is 668. The van der Waals surface area contributed by atoms with E-state index in [1.807, 2.05) is 37.3 Å². The average Bonchev–Trinajstić information content (AvgIpc) is 2.60. The summed E-state index contributed by atoms with van der Waals surface area (Å²) < 4.78 is 5.37. The monoisotopic (exact) mass is 327 g/mol. The van der Waals surface area contributed by atoms with E-state index in [1.165, 1.54) is 0 Å². The van der Waals surface area contributed by atoms with E-state index in [1.54, 1.807) is 24.3 Å². The summed E-state index contributed by atoms with van der Waals surface area (Å²) in [7, 11) is 0. The third kappa shape index (κ3) is 5.12. The van der Waals surface area contributed by atoms with Crippen LogP contribution in [0.25, 0.3) is 0 Å². The fourth-order valence-electron chi connectivity index (χ4n) is 2.33. The van der Waals surface area contributed by atoms with Gasteiger partial charge >= 0.3 is 5.97 Å². The first kappa shape index (κ1) is 17.5. The molecule has 2 N–H and O–H groups in total. The zero-order valence-electron chi connectivity index (χ0n) is 13.6. The molecule has 5 nitrogen and oxygen atoms in total. The van der Waals surface area contributed by atoms with E-state index >= 15 is 0 Å². The molecule has 24 heavy (non-hydrogen) atoms. The quantitative estimate of drug-likeness (QED) is 0.782. The van der Waals surface area contributed by atoms with Crippen molar-refractivity contribution in [3.8, 4) is 5.75 Å². The maximum Gasteiger partial charge on any atom is 0.308 e. The summed E-state index contributed by atoms with van der Waals surface area (Å²) in [5.41, 5.74) is 1.41. The highest BCUT2D eigenvalue weighted by Crippen LogP contribution is 2.15. The van der Waals surface area contributed by atoms with Crippen LogP contribution >= 0.6 is 0 Å². The number of rotatable bonds is 8. The third-order valence-electron chi connectivity index (χ3n) is 3.61. The van der Waals surface area contributed by atoms with Crippen molar-refractivity contribution < 1.29 is 19.4 Å².